The van der Waals surface area contributed by atoms with E-state index in [1.807, 2.05) is 0 Å². The van der Waals surface area contributed by atoms with Gasteiger partial charge in [-0.3, -0.25) is 14.5 Å². The molecule has 174 valence electrons. The van der Waals surface area contributed by atoms with Crippen LogP contribution >= 0.6 is 34.9 Å². The van der Waals surface area contributed by atoms with Crippen molar-refractivity contribution in [1.82, 2.24) is 35.4 Å². The van der Waals surface area contributed by atoms with Gasteiger partial charge in [-0.15, -0.1) is 28.2 Å². The number of aliphatic carboxylic acids is 1. The van der Waals surface area contributed by atoms with Crippen LogP contribution in [0, 0.1) is 0 Å². The van der Waals surface area contributed by atoms with Gasteiger partial charge >= 0.3 is 5.97 Å². The third-order valence-electron chi connectivity index (χ3n) is 4.66. The number of tetrazole rings is 1. The SMILES string of the molecule is CO/N=C(/C(=O)N[C@@H]1C(=O)N2C(C(=O)O)=C(CSc3nnnn3C)CS[C@H]12)c1csc(N)n1. The maximum absolute atomic E-state index is 12.9. The minimum atomic E-state index is -1.22. The molecule has 33 heavy (non-hydrogen) atoms. The highest BCUT2D eigenvalue weighted by Crippen LogP contribution is 2.41. The molecular weight excluding hydrogens is 494 g/mol. The Morgan fingerprint density at radius 1 is 1.48 bits per heavy atom. The Labute approximate surface area is 198 Å². The summed E-state index contributed by atoms with van der Waals surface area (Å²) < 4.78 is 1.47. The second kappa shape index (κ2) is 9.36. The van der Waals surface area contributed by atoms with E-state index >= 15 is 0 Å². The molecule has 0 spiro atoms. The number of nitrogens with two attached hydrogens (primary N) is 1. The number of fused-ring (bicyclic) bond motifs is 1. The molecule has 4 rings (SSSR count). The number of rotatable bonds is 8. The van der Waals surface area contributed by atoms with Gasteiger partial charge in [-0.2, -0.15) is 0 Å². The Bertz CT molecular complexity index is 1180. The molecule has 4 heterocycles. The molecule has 1 saturated heterocycles. The van der Waals surface area contributed by atoms with Gasteiger partial charge in [0.15, 0.2) is 10.8 Å². The summed E-state index contributed by atoms with van der Waals surface area (Å²) in [5.41, 5.74) is 6.17. The highest BCUT2D eigenvalue weighted by Gasteiger charge is 2.54. The first kappa shape index (κ1) is 23.0. The van der Waals surface area contributed by atoms with E-state index in [-0.39, 0.29) is 22.2 Å². The van der Waals surface area contributed by atoms with Crippen molar-refractivity contribution in [3.05, 3.63) is 22.3 Å². The number of hydrogen-bond acceptors (Lipinski definition) is 13. The van der Waals surface area contributed by atoms with Crippen LogP contribution in [0.4, 0.5) is 5.13 Å². The molecule has 2 atom stereocenters. The lowest BCUT2D eigenvalue weighted by Gasteiger charge is -2.49. The monoisotopic (exact) mass is 511 g/mol. The number of carbonyl (C=O) groups excluding carboxylic acids is 2. The van der Waals surface area contributed by atoms with Gasteiger partial charge in [0.05, 0.1) is 0 Å². The van der Waals surface area contributed by atoms with Gasteiger partial charge in [0.1, 0.15) is 29.9 Å². The molecule has 0 unspecified atom stereocenters. The fourth-order valence-corrected chi connectivity index (χ4v) is 6.07. The predicted octanol–water partition coefficient (Wildman–Crippen LogP) is -0.870. The maximum atomic E-state index is 12.9. The molecule has 0 aliphatic carbocycles. The fraction of sp³-hybridized carbons (Fsp3) is 0.375. The average Bonchev–Trinajstić information content (AvgIpc) is 3.40. The number of oxime groups is 1. The number of nitrogen functional groups attached to an aromatic ring is 1. The van der Waals surface area contributed by atoms with E-state index in [4.69, 9.17) is 10.6 Å². The number of carbonyl (C=O) groups is 3. The van der Waals surface area contributed by atoms with Gasteiger partial charge in [-0.25, -0.2) is 14.5 Å². The van der Waals surface area contributed by atoms with Crippen LogP contribution in [0.2, 0.25) is 0 Å². The third-order valence-corrected chi connectivity index (χ3v) is 7.77. The number of nitrogens with one attached hydrogen (secondary N) is 1. The Balaban J connectivity index is 1.49. The number of hydrogen-bond donors (Lipinski definition) is 3. The summed E-state index contributed by atoms with van der Waals surface area (Å²) in [6.07, 6.45) is 0. The van der Waals surface area contributed by atoms with E-state index in [0.29, 0.717) is 22.2 Å². The number of nitrogens with zero attached hydrogens (tertiary/aromatic N) is 7. The minimum Gasteiger partial charge on any atom is -0.477 e. The lowest BCUT2D eigenvalue weighted by molar-refractivity contribution is -0.150. The van der Waals surface area contributed by atoms with Crippen molar-refractivity contribution >= 4 is 63.5 Å². The van der Waals surface area contributed by atoms with Gasteiger partial charge in [0.25, 0.3) is 11.8 Å². The van der Waals surface area contributed by atoms with Gasteiger partial charge in [-0.05, 0) is 16.0 Å². The van der Waals surface area contributed by atoms with Crippen molar-refractivity contribution < 1.29 is 24.3 Å². The third kappa shape index (κ3) is 4.38. The van der Waals surface area contributed by atoms with Crippen molar-refractivity contribution in [2.75, 3.05) is 24.3 Å². The van der Waals surface area contributed by atoms with Crippen LogP contribution in [0.15, 0.2) is 27.0 Å². The van der Waals surface area contributed by atoms with Crippen LogP contribution in [0.3, 0.4) is 0 Å². The summed E-state index contributed by atoms with van der Waals surface area (Å²) in [6, 6.07) is -0.924. The zero-order valence-corrected chi connectivity index (χ0v) is 19.6. The van der Waals surface area contributed by atoms with Crippen molar-refractivity contribution in [1.29, 1.82) is 0 Å². The molecule has 17 heteroatoms. The standard InChI is InChI=1S/C16H17N9O5S3/c1-24-16(20-22-23-24)33-4-6-3-31-13-9(12(27)25(13)10(6)14(28)29)19-11(26)8(21-30-2)7-5-32-15(17)18-7/h5,9,13H,3-4H2,1-2H3,(H2,17,18)(H,19,26)(H,28,29)/b21-8+/t9-,13-/m1/s1. The number of amides is 2. The highest BCUT2D eigenvalue weighted by atomic mass is 32.2. The zero-order chi connectivity index (χ0) is 23.7. The van der Waals surface area contributed by atoms with Gasteiger partial charge in [0, 0.05) is 23.9 Å². The first-order valence-corrected chi connectivity index (χ1v) is 12.1. The van der Waals surface area contributed by atoms with Crippen LogP contribution in [0.1, 0.15) is 5.69 Å². The summed E-state index contributed by atoms with van der Waals surface area (Å²) >= 11 is 3.75. The van der Waals surface area contributed by atoms with Crippen LogP contribution in [-0.2, 0) is 26.3 Å². The molecule has 2 amide bonds. The maximum Gasteiger partial charge on any atom is 0.352 e. The summed E-state index contributed by atoms with van der Waals surface area (Å²) in [5, 5.41) is 29.0. The minimum absolute atomic E-state index is 0.0880. The van der Waals surface area contributed by atoms with E-state index in [9.17, 15) is 19.5 Å². The van der Waals surface area contributed by atoms with Crippen molar-refractivity contribution in [2.24, 2.45) is 12.2 Å². The molecule has 14 nitrogen and oxygen atoms in total. The van der Waals surface area contributed by atoms with E-state index < -0.39 is 29.2 Å². The quantitative estimate of drug-likeness (QED) is 0.172. The molecule has 0 radical (unpaired) electrons. The Kier molecular flexibility index (Phi) is 6.52. The van der Waals surface area contributed by atoms with E-state index in [2.05, 4.69) is 31.0 Å². The molecule has 0 saturated carbocycles. The summed E-state index contributed by atoms with van der Waals surface area (Å²) in [6.45, 7) is 0. The number of aromatic nitrogens is 5. The van der Waals surface area contributed by atoms with E-state index in [0.717, 1.165) is 11.3 Å². The number of aryl methyl sites for hydroxylation is 1. The fourth-order valence-electron chi connectivity index (χ4n) is 3.19. The molecule has 2 aliphatic rings. The smallest absolute Gasteiger partial charge is 0.352 e. The number of anilines is 1. The van der Waals surface area contributed by atoms with E-state index in [1.165, 1.54) is 40.2 Å². The average molecular weight is 512 g/mol. The van der Waals surface area contributed by atoms with Crippen LogP contribution in [0.25, 0.3) is 0 Å². The first-order chi connectivity index (χ1) is 15.8. The molecular formula is C16H17N9O5S3. The van der Waals surface area contributed by atoms with Crippen molar-refractivity contribution in [2.45, 2.75) is 16.6 Å². The number of carboxylic acid groups (broad SMARTS) is 1. The summed E-state index contributed by atoms with van der Waals surface area (Å²) in [5.74, 6) is -1.77. The Morgan fingerprint density at radius 2 is 2.27 bits per heavy atom. The Hall–Kier alpha value is -3.18. The summed E-state index contributed by atoms with van der Waals surface area (Å²) in [4.78, 5) is 47.6. The van der Waals surface area contributed by atoms with Gasteiger partial charge in [-0.1, -0.05) is 16.9 Å². The lowest BCUT2D eigenvalue weighted by atomic mass is 10.0. The van der Waals surface area contributed by atoms with Gasteiger partial charge in [0.2, 0.25) is 5.16 Å². The summed E-state index contributed by atoms with van der Waals surface area (Å²) in [7, 11) is 2.95. The van der Waals surface area contributed by atoms with E-state index in [1.54, 1.807) is 12.4 Å². The topological polar surface area (TPSA) is 191 Å². The Morgan fingerprint density at radius 3 is 2.88 bits per heavy atom. The highest BCUT2D eigenvalue weighted by molar-refractivity contribution is 8.01. The van der Waals surface area contributed by atoms with Crippen LogP contribution in [-0.4, -0.2) is 88.7 Å². The predicted molar refractivity (Wildman–Crippen MR) is 119 cm³/mol. The second-order valence-corrected chi connectivity index (χ2v) is 9.62. The molecule has 0 bridgehead atoms. The van der Waals surface area contributed by atoms with Gasteiger partial charge < -0.3 is 21.0 Å². The molecule has 2 aromatic heterocycles. The molecule has 2 aromatic rings. The number of thioether (sulfide) groups is 2. The number of thiazole rings is 1. The molecule has 2 aliphatic heterocycles. The number of carboxylic acids is 1. The lowest BCUT2D eigenvalue weighted by Crippen LogP contribution is -2.71. The number of β-lactam (4-membered cyclic amide) rings is 1. The molecule has 0 aromatic carbocycles. The largest absolute Gasteiger partial charge is 0.477 e. The first-order valence-electron chi connectivity index (χ1n) is 9.20. The molecule has 4 N–H and O–H groups in total. The second-order valence-electron chi connectivity index (χ2n) is 6.69. The normalized spacial score (nSPS) is 20.4. The zero-order valence-electron chi connectivity index (χ0n) is 17.2. The molecule has 1 fully saturated rings. The van der Waals surface area contributed by atoms with Crippen LogP contribution < -0.4 is 11.1 Å². The van der Waals surface area contributed by atoms with Crippen molar-refractivity contribution in [3.63, 3.8) is 0 Å². The van der Waals surface area contributed by atoms with Crippen molar-refractivity contribution in [3.8, 4) is 0 Å². The van der Waals surface area contributed by atoms with Crippen LogP contribution in [0.5, 0.6) is 0 Å².